The number of halogens is 1. The molecule has 1 amide bonds. The normalized spacial score (nSPS) is 10.5. The lowest BCUT2D eigenvalue weighted by molar-refractivity contribution is 0.0681. The lowest BCUT2D eigenvalue weighted by Gasteiger charge is -2.29. The summed E-state index contributed by atoms with van der Waals surface area (Å²) in [4.78, 5) is 14.5. The second kappa shape index (κ2) is 7.80. The molecule has 3 nitrogen and oxygen atoms in total. The Morgan fingerprint density at radius 2 is 2.00 bits per heavy atom. The molecule has 1 rings (SSSR count). The summed E-state index contributed by atoms with van der Waals surface area (Å²) in [6, 6.07) is 4.13. The van der Waals surface area contributed by atoms with Gasteiger partial charge in [-0.05, 0) is 38.0 Å². The molecule has 0 unspecified atom stereocenters. The summed E-state index contributed by atoms with van der Waals surface area (Å²) in [6.07, 6.45) is 0. The molecule has 1 aromatic carbocycles. The fraction of sp³-hybridized carbons (Fsp3) is 0.471. The Labute approximate surface area is 126 Å². The van der Waals surface area contributed by atoms with Crippen molar-refractivity contribution in [3.8, 4) is 11.8 Å². The Bertz CT molecular complexity index is 556. The Kier molecular flexibility index (Phi) is 6.39. The van der Waals surface area contributed by atoms with Crippen molar-refractivity contribution in [2.45, 2.75) is 33.7 Å². The maximum atomic E-state index is 13.4. The van der Waals surface area contributed by atoms with E-state index in [2.05, 4.69) is 25.7 Å². The molecular formula is C17H23FN2O. The van der Waals surface area contributed by atoms with E-state index in [4.69, 9.17) is 5.73 Å². The molecule has 0 aliphatic heterocycles. The van der Waals surface area contributed by atoms with Crippen LogP contribution in [0.1, 0.15) is 43.6 Å². The van der Waals surface area contributed by atoms with Crippen LogP contribution in [0.5, 0.6) is 0 Å². The van der Waals surface area contributed by atoms with Crippen LogP contribution in [0.3, 0.4) is 0 Å². The third kappa shape index (κ3) is 4.87. The largest absolute Gasteiger partial charge is 0.336 e. The van der Waals surface area contributed by atoms with Gasteiger partial charge in [0.1, 0.15) is 5.82 Å². The van der Waals surface area contributed by atoms with E-state index in [1.54, 1.807) is 4.90 Å². The van der Waals surface area contributed by atoms with Crippen LogP contribution in [0.15, 0.2) is 18.2 Å². The zero-order valence-electron chi connectivity index (χ0n) is 13.1. The maximum absolute atomic E-state index is 13.4. The Hall–Kier alpha value is -1.86. The number of hydrogen-bond acceptors (Lipinski definition) is 2. The van der Waals surface area contributed by atoms with Gasteiger partial charge in [0.2, 0.25) is 0 Å². The summed E-state index contributed by atoms with van der Waals surface area (Å²) in [7, 11) is 0. The second-order valence-electron chi connectivity index (χ2n) is 5.64. The van der Waals surface area contributed by atoms with Gasteiger partial charge >= 0.3 is 0 Å². The highest BCUT2D eigenvalue weighted by Crippen LogP contribution is 2.16. The van der Waals surface area contributed by atoms with Gasteiger partial charge in [-0.3, -0.25) is 4.79 Å². The quantitative estimate of drug-likeness (QED) is 0.867. The highest BCUT2D eigenvalue weighted by atomic mass is 19.1. The summed E-state index contributed by atoms with van der Waals surface area (Å²) in [5.74, 6) is 5.28. The number of nitrogens with zero attached hydrogens (tertiary/aromatic N) is 1. The van der Waals surface area contributed by atoms with Crippen LogP contribution < -0.4 is 5.73 Å². The zero-order valence-corrected chi connectivity index (χ0v) is 13.1. The molecule has 0 fully saturated rings. The van der Waals surface area contributed by atoms with Crippen molar-refractivity contribution in [1.29, 1.82) is 0 Å². The van der Waals surface area contributed by atoms with Crippen molar-refractivity contribution in [3.63, 3.8) is 0 Å². The first-order valence-corrected chi connectivity index (χ1v) is 7.16. The number of benzene rings is 1. The van der Waals surface area contributed by atoms with Crippen molar-refractivity contribution in [2.75, 3.05) is 13.1 Å². The van der Waals surface area contributed by atoms with E-state index in [-0.39, 0.29) is 18.5 Å². The number of nitrogens with two attached hydrogens (primary N) is 1. The summed E-state index contributed by atoms with van der Waals surface area (Å²) >= 11 is 0. The lowest BCUT2D eigenvalue weighted by Crippen LogP contribution is -2.39. The lowest BCUT2D eigenvalue weighted by atomic mass is 10.0. The molecule has 21 heavy (non-hydrogen) atoms. The maximum Gasteiger partial charge on any atom is 0.255 e. The smallest absolute Gasteiger partial charge is 0.255 e. The van der Waals surface area contributed by atoms with Crippen LogP contribution >= 0.6 is 0 Å². The fourth-order valence-corrected chi connectivity index (χ4v) is 2.03. The van der Waals surface area contributed by atoms with Crippen LogP contribution in [0, 0.1) is 23.6 Å². The highest BCUT2D eigenvalue weighted by Gasteiger charge is 2.22. The summed E-state index contributed by atoms with van der Waals surface area (Å²) in [6.45, 7) is 8.87. The van der Waals surface area contributed by atoms with Gasteiger partial charge in [-0.25, -0.2) is 4.39 Å². The van der Waals surface area contributed by atoms with Crippen LogP contribution in [0.4, 0.5) is 4.39 Å². The summed E-state index contributed by atoms with van der Waals surface area (Å²) in [5.41, 5.74) is 6.16. The van der Waals surface area contributed by atoms with Gasteiger partial charge in [0.15, 0.2) is 0 Å². The monoisotopic (exact) mass is 290 g/mol. The van der Waals surface area contributed by atoms with Crippen LogP contribution in [-0.4, -0.2) is 29.9 Å². The van der Waals surface area contributed by atoms with Crippen molar-refractivity contribution >= 4 is 5.91 Å². The van der Waals surface area contributed by atoms with Gasteiger partial charge in [-0.15, -0.1) is 0 Å². The average molecular weight is 290 g/mol. The molecule has 0 atom stereocenters. The molecule has 0 radical (unpaired) electrons. The van der Waals surface area contributed by atoms with Gasteiger partial charge in [0.05, 0.1) is 12.1 Å². The molecule has 0 aromatic heterocycles. The molecule has 114 valence electrons. The van der Waals surface area contributed by atoms with E-state index in [0.29, 0.717) is 23.6 Å². The predicted octanol–water partition coefficient (Wildman–Crippen LogP) is 2.64. The van der Waals surface area contributed by atoms with E-state index in [1.807, 2.05) is 13.8 Å². The number of amides is 1. The second-order valence-corrected chi connectivity index (χ2v) is 5.64. The van der Waals surface area contributed by atoms with Crippen molar-refractivity contribution in [3.05, 3.63) is 35.1 Å². The van der Waals surface area contributed by atoms with Gasteiger partial charge in [-0.1, -0.05) is 25.7 Å². The molecule has 0 bridgehead atoms. The Morgan fingerprint density at radius 3 is 2.52 bits per heavy atom. The highest BCUT2D eigenvalue weighted by molar-refractivity contribution is 5.97. The first kappa shape index (κ1) is 17.2. The molecule has 0 aliphatic carbocycles. The number of hydrogen-bond donors (Lipinski definition) is 1. The van der Waals surface area contributed by atoms with Gasteiger partial charge in [-0.2, -0.15) is 0 Å². The third-order valence-electron chi connectivity index (χ3n) is 2.98. The molecule has 0 saturated carbocycles. The summed E-state index contributed by atoms with van der Waals surface area (Å²) in [5, 5.41) is 0. The first-order valence-electron chi connectivity index (χ1n) is 7.16. The van der Waals surface area contributed by atoms with Gasteiger partial charge in [0.25, 0.3) is 5.91 Å². The SMILES string of the molecule is CC(C)CN(C(=O)c1ccc(F)cc1C#CCN)C(C)C. The van der Waals surface area contributed by atoms with Crippen LogP contribution in [0.2, 0.25) is 0 Å². The summed E-state index contributed by atoms with van der Waals surface area (Å²) < 4.78 is 13.4. The van der Waals surface area contributed by atoms with Crippen molar-refractivity contribution < 1.29 is 9.18 Å². The Balaban J connectivity index is 3.21. The van der Waals surface area contributed by atoms with E-state index in [1.165, 1.54) is 18.2 Å². The molecule has 0 saturated heterocycles. The number of carbonyl (C=O) groups is 1. The minimum atomic E-state index is -0.409. The number of carbonyl (C=O) groups excluding carboxylic acids is 1. The molecular weight excluding hydrogens is 267 g/mol. The molecule has 0 spiro atoms. The van der Waals surface area contributed by atoms with Crippen molar-refractivity contribution in [1.82, 2.24) is 4.90 Å². The van der Waals surface area contributed by atoms with Crippen LogP contribution in [-0.2, 0) is 0 Å². The van der Waals surface area contributed by atoms with E-state index < -0.39 is 5.82 Å². The topological polar surface area (TPSA) is 46.3 Å². The first-order chi connectivity index (χ1) is 9.86. The molecule has 1 aromatic rings. The molecule has 4 heteroatoms. The van der Waals surface area contributed by atoms with E-state index in [0.717, 1.165) is 0 Å². The Morgan fingerprint density at radius 1 is 1.33 bits per heavy atom. The van der Waals surface area contributed by atoms with Gasteiger partial charge in [0, 0.05) is 18.2 Å². The van der Waals surface area contributed by atoms with E-state index in [9.17, 15) is 9.18 Å². The van der Waals surface area contributed by atoms with Crippen molar-refractivity contribution in [2.24, 2.45) is 11.7 Å². The number of rotatable bonds is 4. The minimum absolute atomic E-state index is 0.0697. The molecule has 0 heterocycles. The van der Waals surface area contributed by atoms with E-state index >= 15 is 0 Å². The molecule has 0 aliphatic rings. The third-order valence-corrected chi connectivity index (χ3v) is 2.98. The van der Waals surface area contributed by atoms with Crippen LogP contribution in [0.25, 0.3) is 0 Å². The predicted molar refractivity (Wildman–Crippen MR) is 83.3 cm³/mol. The van der Waals surface area contributed by atoms with Gasteiger partial charge < -0.3 is 10.6 Å². The minimum Gasteiger partial charge on any atom is -0.336 e. The molecule has 2 N–H and O–H groups in total. The average Bonchev–Trinajstić information content (AvgIpc) is 2.41. The fourth-order valence-electron chi connectivity index (χ4n) is 2.03. The zero-order chi connectivity index (χ0) is 16.0. The standard InChI is InChI=1S/C17H23FN2O/c1-12(2)11-20(13(3)4)17(21)16-8-7-15(18)10-14(16)6-5-9-19/h7-8,10,12-13H,9,11,19H2,1-4H3.